The van der Waals surface area contributed by atoms with Gasteiger partial charge >= 0.3 is 0 Å². The van der Waals surface area contributed by atoms with E-state index in [0.717, 1.165) is 101 Å². The highest BCUT2D eigenvalue weighted by Gasteiger charge is 2.45. The van der Waals surface area contributed by atoms with Crippen molar-refractivity contribution in [3.8, 4) is 0 Å². The lowest BCUT2D eigenvalue weighted by Gasteiger charge is -2.36. The van der Waals surface area contributed by atoms with Crippen molar-refractivity contribution in [1.29, 1.82) is 0 Å². The van der Waals surface area contributed by atoms with Gasteiger partial charge in [0.1, 0.15) is 12.1 Å². The summed E-state index contributed by atoms with van der Waals surface area (Å²) < 4.78 is 12.4. The zero-order valence-corrected chi connectivity index (χ0v) is 44.9. The molecular weight excluding hydrogens is 921 g/mol. The van der Waals surface area contributed by atoms with Crippen molar-refractivity contribution in [1.82, 2.24) is 41.7 Å². The Morgan fingerprint density at radius 2 is 1.00 bits per heavy atom. The van der Waals surface area contributed by atoms with Gasteiger partial charge in [-0.05, 0) is 103 Å². The molecule has 0 bridgehead atoms. The number of hydrogen-bond donors (Lipinski definition) is 6. The molecule has 5 amide bonds. The highest BCUT2D eigenvalue weighted by molar-refractivity contribution is 5.94. The lowest BCUT2D eigenvalue weighted by Crippen LogP contribution is -2.58. The molecule has 0 saturated carbocycles. The number of carbonyl (C=O) groups is 5. The maximum absolute atomic E-state index is 14.0. The molecule has 6 rings (SSSR count). The fraction of sp³-hybridized carbons (Fsp3) is 0.707. The molecule has 4 fully saturated rings. The second-order valence-electron chi connectivity index (χ2n) is 21.4. The summed E-state index contributed by atoms with van der Waals surface area (Å²) in [6, 6.07) is 17.8. The van der Waals surface area contributed by atoms with Gasteiger partial charge in [0.2, 0.25) is 29.5 Å². The molecule has 15 nitrogen and oxygen atoms in total. The molecule has 0 radical (unpaired) electrons. The topological polar surface area (TPSA) is 182 Å². The molecule has 73 heavy (non-hydrogen) atoms. The number of likely N-dealkylation sites (N-methyl/N-ethyl adjacent to an activating group) is 2. The summed E-state index contributed by atoms with van der Waals surface area (Å²) in [4.78, 5) is 71.7. The molecule has 10 atom stereocenters. The molecule has 4 heterocycles. The monoisotopic (exact) mass is 1010 g/mol. The van der Waals surface area contributed by atoms with E-state index >= 15 is 0 Å². The van der Waals surface area contributed by atoms with Crippen LogP contribution in [0.4, 0.5) is 0 Å². The molecule has 2 aromatic carbocycles. The lowest BCUT2D eigenvalue weighted by atomic mass is 9.98. The smallest absolute Gasteiger partial charge is 0.246 e. The summed E-state index contributed by atoms with van der Waals surface area (Å²) in [6.07, 6.45) is 22.2. The van der Waals surface area contributed by atoms with Crippen molar-refractivity contribution in [3.05, 3.63) is 71.8 Å². The Bertz CT molecular complexity index is 1960. The molecule has 4 aliphatic heterocycles. The van der Waals surface area contributed by atoms with Crippen LogP contribution >= 0.6 is 0 Å². The molecule has 0 spiro atoms. The maximum Gasteiger partial charge on any atom is 0.246 e. The van der Waals surface area contributed by atoms with E-state index < -0.39 is 18.1 Å². The number of benzene rings is 2. The lowest BCUT2D eigenvalue weighted by molar-refractivity contribution is -0.144. The van der Waals surface area contributed by atoms with Gasteiger partial charge in [0.15, 0.2) is 0 Å². The fourth-order valence-corrected chi connectivity index (χ4v) is 11.4. The van der Waals surface area contributed by atoms with E-state index in [-0.39, 0.29) is 65.8 Å². The highest BCUT2D eigenvalue weighted by Crippen LogP contribution is 2.33. The van der Waals surface area contributed by atoms with Gasteiger partial charge in [0.05, 0.1) is 43.4 Å². The zero-order valence-electron chi connectivity index (χ0n) is 44.9. The quantitative estimate of drug-likeness (QED) is 0.0458. The summed E-state index contributed by atoms with van der Waals surface area (Å²) >= 11 is 0. The van der Waals surface area contributed by atoms with Crippen LogP contribution in [0.1, 0.15) is 178 Å². The molecule has 4 aliphatic rings. The molecule has 4 saturated heterocycles. The van der Waals surface area contributed by atoms with Crippen LogP contribution in [-0.4, -0.2) is 135 Å². The molecule has 406 valence electrons. The normalized spacial score (nSPS) is 24.1. The summed E-state index contributed by atoms with van der Waals surface area (Å²) in [7, 11) is 3.53. The van der Waals surface area contributed by atoms with Gasteiger partial charge in [-0.2, -0.15) is 0 Å². The number of carbonyl (C=O) groups excluding carboxylic acids is 5. The fourth-order valence-electron chi connectivity index (χ4n) is 11.4. The van der Waals surface area contributed by atoms with E-state index in [9.17, 15) is 24.0 Å². The first kappa shape index (κ1) is 57.9. The Labute approximate surface area is 437 Å². The minimum absolute atomic E-state index is 0.00237. The number of unbranched alkanes of at least 4 members (excludes halogenated alkanes) is 9. The largest absolute Gasteiger partial charge is 0.379 e. The van der Waals surface area contributed by atoms with Crippen LogP contribution in [0.2, 0.25) is 0 Å². The van der Waals surface area contributed by atoms with Crippen molar-refractivity contribution in [2.45, 2.75) is 216 Å². The first-order valence-electron chi connectivity index (χ1n) is 28.5. The van der Waals surface area contributed by atoms with Crippen molar-refractivity contribution in [3.63, 3.8) is 0 Å². The van der Waals surface area contributed by atoms with Crippen molar-refractivity contribution >= 4 is 29.5 Å². The standard InChI is InChI=1S/C58H92N8O7/c1-42(59-3)54(67)61-46-29-19-20-30-47-33-35-52(65(47)39-46)56(69)63-50(44-25-15-13-16-26-44)40-72-37-23-11-9-7-5-6-8-10-12-24-38-73-41-51(45-27-17-14-18-28-45)64-57(70)53-36-34-48-31-21-22-32-49(58(71)66(48)53)62-55(68)43(2)60-4/h13-18,25-28,42-43,46-53,59-60H,5-12,19-24,29-41H2,1-4H3,(H,61,67)(H,62,68)(H,63,69)(H,64,70)/t42-,43-,46-,47-,48-,49-,50+,51+,52-,53-/m0/s1. The molecular formula is C58H92N8O7. The van der Waals surface area contributed by atoms with E-state index in [1.807, 2.05) is 55.5 Å². The molecule has 15 heteroatoms. The number of nitrogens with one attached hydrogen (secondary N) is 6. The van der Waals surface area contributed by atoms with Crippen LogP contribution in [0.5, 0.6) is 0 Å². The zero-order chi connectivity index (χ0) is 51.8. The Morgan fingerprint density at radius 3 is 1.55 bits per heavy atom. The third-order valence-electron chi connectivity index (χ3n) is 16.1. The summed E-state index contributed by atoms with van der Waals surface area (Å²) in [6.45, 7) is 6.44. The number of fused-ring (bicyclic) bond motifs is 2. The minimum Gasteiger partial charge on any atom is -0.379 e. The Kier molecular flexibility index (Phi) is 24.9. The Hall–Kier alpha value is -4.41. The second kappa shape index (κ2) is 31.5. The predicted molar refractivity (Wildman–Crippen MR) is 287 cm³/mol. The number of amides is 5. The van der Waals surface area contributed by atoms with E-state index in [0.29, 0.717) is 51.9 Å². The molecule has 0 aliphatic carbocycles. The van der Waals surface area contributed by atoms with Gasteiger partial charge < -0.3 is 46.3 Å². The predicted octanol–water partition coefficient (Wildman–Crippen LogP) is 7.16. The SMILES string of the molecule is CN[C@@H](C)C(=O)N[C@H]1CCCC[C@H]2CC[C@@H](C(=O)N[C@H](COCCCCCCCCCCCCOC[C@@H](NC(=O)[C@@H]3CC[C@@H]4CCCC[C@H](NC(=O)[C@H](C)NC)C(=O)N43)c3ccccc3)c3ccccc3)N2C1. The number of nitrogens with zero attached hydrogens (tertiary/aromatic N) is 2. The highest BCUT2D eigenvalue weighted by atomic mass is 16.5. The second-order valence-corrected chi connectivity index (χ2v) is 21.4. The van der Waals surface area contributed by atoms with Gasteiger partial charge in [0, 0.05) is 37.9 Å². The Balaban J connectivity index is 0.833. The van der Waals surface area contributed by atoms with Gasteiger partial charge in [-0.3, -0.25) is 28.9 Å². The average Bonchev–Trinajstić information content (AvgIpc) is 4.01. The van der Waals surface area contributed by atoms with Crippen LogP contribution in [0.15, 0.2) is 60.7 Å². The first-order chi connectivity index (χ1) is 35.6. The van der Waals surface area contributed by atoms with Gasteiger partial charge in [0.25, 0.3) is 0 Å². The van der Waals surface area contributed by atoms with Crippen molar-refractivity contribution in [2.75, 3.05) is 47.1 Å². The maximum atomic E-state index is 14.0. The third kappa shape index (κ3) is 18.1. The molecule has 2 aromatic rings. The van der Waals surface area contributed by atoms with Crippen molar-refractivity contribution < 1.29 is 33.4 Å². The minimum atomic E-state index is -0.633. The van der Waals surface area contributed by atoms with Crippen LogP contribution in [0.25, 0.3) is 0 Å². The summed E-state index contributed by atoms with van der Waals surface area (Å²) in [5, 5.41) is 18.8. The molecule has 6 N–H and O–H groups in total. The van der Waals surface area contributed by atoms with Crippen LogP contribution in [0.3, 0.4) is 0 Å². The molecule has 0 aromatic heterocycles. The van der Waals surface area contributed by atoms with E-state index in [2.05, 4.69) is 48.9 Å². The number of ether oxygens (including phenoxy) is 2. The van der Waals surface area contributed by atoms with Crippen LogP contribution in [0, 0.1) is 0 Å². The van der Waals surface area contributed by atoms with Gasteiger partial charge in [-0.1, -0.05) is 138 Å². The van der Waals surface area contributed by atoms with Crippen molar-refractivity contribution in [2.24, 2.45) is 0 Å². The third-order valence-corrected chi connectivity index (χ3v) is 16.1. The van der Waals surface area contributed by atoms with E-state index in [4.69, 9.17) is 9.47 Å². The summed E-state index contributed by atoms with van der Waals surface area (Å²) in [5.41, 5.74) is 2.02. The Morgan fingerprint density at radius 1 is 0.548 bits per heavy atom. The number of hydrogen-bond acceptors (Lipinski definition) is 10. The average molecular weight is 1010 g/mol. The molecule has 0 unspecified atom stereocenters. The number of rotatable bonds is 29. The van der Waals surface area contributed by atoms with Gasteiger partial charge in [-0.25, -0.2) is 0 Å². The van der Waals surface area contributed by atoms with E-state index in [1.54, 1.807) is 25.9 Å². The van der Waals surface area contributed by atoms with Crippen LogP contribution in [-0.2, 0) is 33.4 Å². The summed E-state index contributed by atoms with van der Waals surface area (Å²) in [5.74, 6) is -0.455. The van der Waals surface area contributed by atoms with E-state index in [1.165, 1.54) is 38.5 Å². The van der Waals surface area contributed by atoms with Crippen LogP contribution < -0.4 is 31.9 Å². The first-order valence-corrected chi connectivity index (χ1v) is 28.5. The van der Waals surface area contributed by atoms with Gasteiger partial charge in [-0.15, -0.1) is 0 Å².